The number of nitriles is 1. The number of piperidine rings is 1. The maximum atomic E-state index is 13.1. The second-order valence-electron chi connectivity index (χ2n) is 11.4. The molecule has 0 saturated carbocycles. The van der Waals surface area contributed by atoms with E-state index in [0.717, 1.165) is 66.5 Å². The summed E-state index contributed by atoms with van der Waals surface area (Å²) >= 11 is 0. The van der Waals surface area contributed by atoms with Gasteiger partial charge in [-0.15, -0.1) is 0 Å². The van der Waals surface area contributed by atoms with E-state index in [-0.39, 0.29) is 5.97 Å². The van der Waals surface area contributed by atoms with Gasteiger partial charge in [0, 0.05) is 37.3 Å². The maximum Gasteiger partial charge on any atom is 0.326 e. The van der Waals surface area contributed by atoms with Crippen LogP contribution in [-0.2, 0) is 20.9 Å². The molecule has 45 heavy (non-hydrogen) atoms. The predicted molar refractivity (Wildman–Crippen MR) is 182 cm³/mol. The van der Waals surface area contributed by atoms with Crippen LogP contribution < -0.4 is 4.90 Å². The standard InChI is InChI=1S/C34H33N3O2.C5H10O/c1-36(34(33(38)39-2)19-21-37(22-20-34)31-11-7-4-8-12-31)25-26-13-15-28(16-14-26)32-23-29(17-18-30(32)24-35)27-9-5-3-6-10-27;1-2-3-4-5-6/h3-18,23H,19-22,25H2,1-2H3;5H,2-4H2,1H3. The van der Waals surface area contributed by atoms with Gasteiger partial charge in [0.15, 0.2) is 0 Å². The van der Waals surface area contributed by atoms with Crippen molar-refractivity contribution in [2.45, 2.75) is 51.1 Å². The molecular weight excluding hydrogens is 558 g/mol. The lowest BCUT2D eigenvalue weighted by Crippen LogP contribution is -2.59. The fourth-order valence-electron chi connectivity index (χ4n) is 5.90. The Hall–Kier alpha value is -4.73. The van der Waals surface area contributed by atoms with Gasteiger partial charge in [-0.05, 0) is 72.8 Å². The summed E-state index contributed by atoms with van der Waals surface area (Å²) < 4.78 is 5.31. The minimum Gasteiger partial charge on any atom is -0.468 e. The third-order valence-electron chi connectivity index (χ3n) is 8.62. The van der Waals surface area contributed by atoms with E-state index in [4.69, 9.17) is 4.74 Å². The van der Waals surface area contributed by atoms with E-state index >= 15 is 0 Å². The lowest BCUT2D eigenvalue weighted by atomic mass is 9.85. The molecule has 6 nitrogen and oxygen atoms in total. The molecule has 0 radical (unpaired) electrons. The number of carbonyl (C=O) groups is 2. The molecule has 0 unspecified atom stereocenters. The number of para-hydroxylation sites is 1. The third-order valence-corrected chi connectivity index (χ3v) is 8.62. The molecule has 1 aliphatic heterocycles. The Bertz CT molecular complexity index is 1560. The van der Waals surface area contributed by atoms with E-state index in [1.807, 2.05) is 55.6 Å². The Morgan fingerprint density at radius 1 is 0.911 bits per heavy atom. The number of benzene rings is 4. The highest BCUT2D eigenvalue weighted by atomic mass is 16.5. The Balaban J connectivity index is 0.000000700. The number of hydrogen-bond donors (Lipinski definition) is 0. The maximum absolute atomic E-state index is 13.1. The summed E-state index contributed by atoms with van der Waals surface area (Å²) in [5.74, 6) is -0.175. The summed E-state index contributed by atoms with van der Waals surface area (Å²) in [7, 11) is 3.49. The number of ether oxygens (including phenoxy) is 1. The molecule has 0 aliphatic carbocycles. The zero-order valence-corrected chi connectivity index (χ0v) is 26.6. The van der Waals surface area contributed by atoms with Crippen molar-refractivity contribution in [2.24, 2.45) is 0 Å². The SMILES string of the molecule is CCCCC=O.COC(=O)C1(N(C)Cc2ccc(-c3cc(-c4ccccc4)ccc3C#N)cc2)CCN(c2ccccc2)CC1. The summed E-state index contributed by atoms with van der Waals surface area (Å²) in [4.78, 5) is 27.2. The summed E-state index contributed by atoms with van der Waals surface area (Å²) in [6.07, 6.45) is 5.25. The molecule has 0 aromatic heterocycles. The number of anilines is 1. The molecule has 1 aliphatic rings. The second-order valence-corrected chi connectivity index (χ2v) is 11.4. The molecule has 5 rings (SSSR count). The molecule has 0 N–H and O–H groups in total. The first kappa shape index (κ1) is 33.2. The van der Waals surface area contributed by atoms with Crippen molar-refractivity contribution in [1.29, 1.82) is 5.26 Å². The Morgan fingerprint density at radius 3 is 2.09 bits per heavy atom. The molecule has 6 heteroatoms. The van der Waals surface area contributed by atoms with E-state index in [0.29, 0.717) is 24.9 Å². The minimum absolute atomic E-state index is 0.175. The molecule has 0 amide bonds. The lowest BCUT2D eigenvalue weighted by molar-refractivity contribution is -0.156. The van der Waals surface area contributed by atoms with Crippen molar-refractivity contribution in [3.8, 4) is 28.3 Å². The number of esters is 1. The predicted octanol–water partition coefficient (Wildman–Crippen LogP) is 7.91. The number of likely N-dealkylation sites (N-methyl/N-ethyl adjacent to an activating group) is 1. The summed E-state index contributed by atoms with van der Waals surface area (Å²) in [6.45, 7) is 4.27. The van der Waals surface area contributed by atoms with E-state index in [2.05, 4.69) is 77.4 Å². The van der Waals surface area contributed by atoms with Gasteiger partial charge in [-0.1, -0.05) is 92.2 Å². The van der Waals surface area contributed by atoms with Gasteiger partial charge < -0.3 is 14.4 Å². The highest BCUT2D eigenvalue weighted by molar-refractivity contribution is 5.81. The van der Waals surface area contributed by atoms with Crippen LogP contribution in [0.5, 0.6) is 0 Å². The van der Waals surface area contributed by atoms with E-state index in [1.54, 1.807) is 0 Å². The van der Waals surface area contributed by atoms with Gasteiger partial charge in [0.1, 0.15) is 11.8 Å². The van der Waals surface area contributed by atoms with E-state index < -0.39 is 5.54 Å². The zero-order chi connectivity index (χ0) is 32.1. The van der Waals surface area contributed by atoms with E-state index in [9.17, 15) is 14.9 Å². The van der Waals surface area contributed by atoms with Crippen LogP contribution in [0.15, 0.2) is 103 Å². The lowest BCUT2D eigenvalue weighted by Gasteiger charge is -2.45. The van der Waals surface area contributed by atoms with Crippen molar-refractivity contribution in [3.05, 3.63) is 114 Å². The smallest absolute Gasteiger partial charge is 0.326 e. The minimum atomic E-state index is -0.670. The van der Waals surface area contributed by atoms with Gasteiger partial charge in [0.05, 0.1) is 18.7 Å². The van der Waals surface area contributed by atoms with Crippen LogP contribution in [0.25, 0.3) is 22.3 Å². The first-order chi connectivity index (χ1) is 21.9. The number of aldehydes is 1. The van der Waals surface area contributed by atoms with E-state index in [1.165, 1.54) is 12.8 Å². The van der Waals surface area contributed by atoms with Gasteiger partial charge in [-0.3, -0.25) is 9.69 Å². The molecular formula is C39H43N3O3. The Labute approximate surface area is 267 Å². The van der Waals surface area contributed by atoms with Crippen LogP contribution in [0.3, 0.4) is 0 Å². The van der Waals surface area contributed by atoms with Crippen LogP contribution in [0.1, 0.15) is 50.2 Å². The van der Waals surface area contributed by atoms with Crippen LogP contribution in [0.4, 0.5) is 5.69 Å². The van der Waals surface area contributed by atoms with Gasteiger partial charge in [0.2, 0.25) is 0 Å². The average Bonchev–Trinajstić information content (AvgIpc) is 3.11. The summed E-state index contributed by atoms with van der Waals surface area (Å²) in [6, 6.07) is 37.2. The first-order valence-electron chi connectivity index (χ1n) is 15.7. The number of unbranched alkanes of at least 4 members (excludes halogenated alkanes) is 2. The molecule has 1 saturated heterocycles. The molecule has 232 valence electrons. The quantitative estimate of drug-likeness (QED) is 0.104. The summed E-state index contributed by atoms with van der Waals surface area (Å²) in [5.41, 5.74) is 6.37. The first-order valence-corrected chi connectivity index (χ1v) is 15.7. The number of nitrogens with zero attached hydrogens (tertiary/aromatic N) is 3. The van der Waals surface area contributed by atoms with Crippen molar-refractivity contribution in [3.63, 3.8) is 0 Å². The number of hydrogen-bond acceptors (Lipinski definition) is 6. The molecule has 4 aromatic rings. The Kier molecular flexibility index (Phi) is 12.1. The number of methoxy groups -OCH3 is 1. The molecule has 4 aromatic carbocycles. The van der Waals surface area contributed by atoms with Crippen molar-refractivity contribution >= 4 is 17.9 Å². The monoisotopic (exact) mass is 601 g/mol. The summed E-state index contributed by atoms with van der Waals surface area (Å²) in [5, 5.41) is 9.75. The van der Waals surface area contributed by atoms with Gasteiger partial charge >= 0.3 is 5.97 Å². The average molecular weight is 602 g/mol. The molecule has 1 heterocycles. The highest BCUT2D eigenvalue weighted by Gasteiger charge is 2.45. The third kappa shape index (κ3) is 8.26. The van der Waals surface area contributed by atoms with Crippen molar-refractivity contribution < 1.29 is 14.3 Å². The Morgan fingerprint density at radius 2 is 1.53 bits per heavy atom. The molecule has 0 atom stereocenters. The van der Waals surface area contributed by atoms with Crippen LogP contribution in [-0.4, -0.2) is 49.9 Å². The van der Waals surface area contributed by atoms with Crippen molar-refractivity contribution in [2.75, 3.05) is 32.1 Å². The molecule has 1 fully saturated rings. The topological polar surface area (TPSA) is 73.6 Å². The second kappa shape index (κ2) is 16.4. The van der Waals surface area contributed by atoms with Crippen LogP contribution in [0, 0.1) is 11.3 Å². The van der Waals surface area contributed by atoms with Crippen LogP contribution in [0.2, 0.25) is 0 Å². The molecule has 0 spiro atoms. The largest absolute Gasteiger partial charge is 0.468 e. The van der Waals surface area contributed by atoms with Crippen LogP contribution >= 0.6 is 0 Å². The highest BCUT2D eigenvalue weighted by Crippen LogP contribution is 2.34. The fourth-order valence-corrected chi connectivity index (χ4v) is 5.90. The number of rotatable bonds is 10. The van der Waals surface area contributed by atoms with Gasteiger partial charge in [0.25, 0.3) is 0 Å². The fraction of sp³-hybridized carbons (Fsp3) is 0.308. The van der Waals surface area contributed by atoms with Crippen molar-refractivity contribution in [1.82, 2.24) is 4.90 Å². The number of carbonyl (C=O) groups excluding carboxylic acids is 2. The van der Waals surface area contributed by atoms with Gasteiger partial charge in [-0.2, -0.15) is 5.26 Å². The normalized spacial score (nSPS) is 13.7. The van der Waals surface area contributed by atoms with Gasteiger partial charge in [-0.25, -0.2) is 0 Å². The molecule has 0 bridgehead atoms. The zero-order valence-electron chi connectivity index (χ0n) is 26.6.